The van der Waals surface area contributed by atoms with Gasteiger partial charge in [0.15, 0.2) is 5.75 Å². The molecule has 0 aliphatic carbocycles. The van der Waals surface area contributed by atoms with Crippen LogP contribution in [0.1, 0.15) is 0 Å². The van der Waals surface area contributed by atoms with Gasteiger partial charge in [-0.1, -0.05) is 12.1 Å². The van der Waals surface area contributed by atoms with Crippen LogP contribution in [-0.4, -0.2) is 24.7 Å². The molecule has 0 aliphatic rings. The molecule has 0 atom stereocenters. The zero-order valence-electron chi connectivity index (χ0n) is 8.18. The van der Waals surface area contributed by atoms with Crippen molar-refractivity contribution in [2.24, 2.45) is 5.73 Å². The van der Waals surface area contributed by atoms with Crippen molar-refractivity contribution in [1.82, 2.24) is 5.32 Å². The van der Waals surface area contributed by atoms with Crippen LogP contribution in [-0.2, 0) is 0 Å². The average molecular weight is 211 g/mol. The predicted molar refractivity (Wildman–Crippen MR) is 55.6 cm³/mol. The fourth-order valence-corrected chi connectivity index (χ4v) is 1.03. The van der Waals surface area contributed by atoms with Crippen molar-refractivity contribution in [3.05, 3.63) is 34.4 Å². The van der Waals surface area contributed by atoms with Crippen molar-refractivity contribution < 1.29 is 9.66 Å². The number of nitro benzene ring substituents is 1. The van der Waals surface area contributed by atoms with Crippen molar-refractivity contribution in [3.8, 4) is 5.75 Å². The molecule has 0 saturated carbocycles. The van der Waals surface area contributed by atoms with Crippen LogP contribution < -0.4 is 15.8 Å². The van der Waals surface area contributed by atoms with E-state index in [0.29, 0.717) is 13.1 Å². The summed E-state index contributed by atoms with van der Waals surface area (Å²) in [6.07, 6.45) is 0. The SMILES string of the molecule is NCCNCOc1ccccc1[N+](=O)[O-]. The summed E-state index contributed by atoms with van der Waals surface area (Å²) in [7, 11) is 0. The van der Waals surface area contributed by atoms with E-state index in [9.17, 15) is 10.1 Å². The Morgan fingerprint density at radius 2 is 2.20 bits per heavy atom. The summed E-state index contributed by atoms with van der Waals surface area (Å²) in [5.74, 6) is 0.257. The van der Waals surface area contributed by atoms with Gasteiger partial charge in [-0.3, -0.25) is 15.4 Å². The van der Waals surface area contributed by atoms with E-state index in [2.05, 4.69) is 5.32 Å². The van der Waals surface area contributed by atoms with Crippen LogP contribution in [0.15, 0.2) is 24.3 Å². The van der Waals surface area contributed by atoms with Crippen molar-refractivity contribution in [1.29, 1.82) is 0 Å². The molecule has 82 valence electrons. The van der Waals surface area contributed by atoms with Crippen LogP contribution in [0, 0.1) is 10.1 Å². The van der Waals surface area contributed by atoms with E-state index >= 15 is 0 Å². The second-order valence-corrected chi connectivity index (χ2v) is 2.80. The summed E-state index contributed by atoms with van der Waals surface area (Å²) < 4.78 is 5.19. The third-order valence-electron chi connectivity index (χ3n) is 1.71. The lowest BCUT2D eigenvalue weighted by Gasteiger charge is -2.06. The van der Waals surface area contributed by atoms with E-state index in [1.165, 1.54) is 6.07 Å². The third-order valence-corrected chi connectivity index (χ3v) is 1.71. The lowest BCUT2D eigenvalue weighted by molar-refractivity contribution is -0.385. The normalized spacial score (nSPS) is 9.93. The molecular weight excluding hydrogens is 198 g/mol. The first-order valence-electron chi connectivity index (χ1n) is 4.52. The number of nitrogens with two attached hydrogens (primary N) is 1. The molecule has 1 rings (SSSR count). The van der Waals surface area contributed by atoms with Crippen molar-refractivity contribution in [2.75, 3.05) is 19.8 Å². The number of nitrogens with one attached hydrogen (secondary N) is 1. The lowest BCUT2D eigenvalue weighted by atomic mass is 10.3. The minimum atomic E-state index is -0.474. The largest absolute Gasteiger partial charge is 0.471 e. The Balaban J connectivity index is 2.56. The highest BCUT2D eigenvalue weighted by Crippen LogP contribution is 2.25. The van der Waals surface area contributed by atoms with Gasteiger partial charge in [-0.2, -0.15) is 0 Å². The Labute approximate surface area is 87.2 Å². The fourth-order valence-electron chi connectivity index (χ4n) is 1.03. The highest BCUT2D eigenvalue weighted by Gasteiger charge is 2.12. The first-order valence-corrected chi connectivity index (χ1v) is 4.52. The van der Waals surface area contributed by atoms with Gasteiger partial charge in [0.2, 0.25) is 0 Å². The number of para-hydroxylation sites is 2. The zero-order chi connectivity index (χ0) is 11.1. The molecule has 1 aromatic rings. The van der Waals surface area contributed by atoms with Gasteiger partial charge in [0.05, 0.1) is 4.92 Å². The topological polar surface area (TPSA) is 90.4 Å². The molecule has 6 heteroatoms. The third kappa shape index (κ3) is 3.53. The van der Waals surface area contributed by atoms with Gasteiger partial charge in [0.1, 0.15) is 6.73 Å². The summed E-state index contributed by atoms with van der Waals surface area (Å²) in [6, 6.07) is 6.24. The molecule has 6 nitrogen and oxygen atoms in total. The summed E-state index contributed by atoms with van der Waals surface area (Å²) in [5, 5.41) is 13.5. The molecule has 0 aromatic heterocycles. The average Bonchev–Trinajstić information content (AvgIpc) is 2.25. The fraction of sp³-hybridized carbons (Fsp3) is 0.333. The maximum Gasteiger partial charge on any atom is 0.310 e. The van der Waals surface area contributed by atoms with Gasteiger partial charge in [0, 0.05) is 19.2 Å². The summed E-state index contributed by atoms with van der Waals surface area (Å²) in [5.41, 5.74) is 5.22. The standard InChI is InChI=1S/C9H13N3O3/c10-5-6-11-7-15-9-4-2-1-3-8(9)12(13)14/h1-4,11H,5-7,10H2. The van der Waals surface area contributed by atoms with E-state index in [0.717, 1.165) is 0 Å². The maximum atomic E-state index is 10.6. The molecule has 0 bridgehead atoms. The molecule has 0 spiro atoms. The van der Waals surface area contributed by atoms with E-state index in [4.69, 9.17) is 10.5 Å². The summed E-state index contributed by atoms with van der Waals surface area (Å²) >= 11 is 0. The molecule has 0 fully saturated rings. The second-order valence-electron chi connectivity index (χ2n) is 2.80. The minimum Gasteiger partial charge on any atom is -0.471 e. The Kier molecular flexibility index (Phi) is 4.52. The van der Waals surface area contributed by atoms with Crippen LogP contribution in [0.2, 0.25) is 0 Å². The van der Waals surface area contributed by atoms with Crippen LogP contribution in [0.25, 0.3) is 0 Å². The number of rotatable bonds is 6. The minimum absolute atomic E-state index is 0.0351. The number of hydrogen-bond acceptors (Lipinski definition) is 5. The monoisotopic (exact) mass is 211 g/mol. The smallest absolute Gasteiger partial charge is 0.310 e. The van der Waals surface area contributed by atoms with E-state index < -0.39 is 4.92 Å². The van der Waals surface area contributed by atoms with E-state index in [-0.39, 0.29) is 18.2 Å². The Morgan fingerprint density at radius 1 is 1.47 bits per heavy atom. The van der Waals surface area contributed by atoms with E-state index in [1.807, 2.05) is 0 Å². The predicted octanol–water partition coefficient (Wildman–Crippen LogP) is 0.479. The van der Waals surface area contributed by atoms with Gasteiger partial charge in [0.25, 0.3) is 0 Å². The molecule has 0 amide bonds. The molecule has 15 heavy (non-hydrogen) atoms. The first kappa shape index (κ1) is 11.4. The van der Waals surface area contributed by atoms with Gasteiger partial charge in [-0.15, -0.1) is 0 Å². The summed E-state index contributed by atoms with van der Waals surface area (Å²) in [4.78, 5) is 10.1. The maximum absolute atomic E-state index is 10.6. The zero-order valence-corrected chi connectivity index (χ0v) is 8.18. The number of nitro groups is 1. The molecule has 0 unspecified atom stereocenters. The van der Waals surface area contributed by atoms with Gasteiger partial charge in [-0.05, 0) is 6.07 Å². The second kappa shape index (κ2) is 5.94. The molecule has 0 radical (unpaired) electrons. The number of ether oxygens (including phenoxy) is 1. The van der Waals surface area contributed by atoms with Crippen LogP contribution in [0.4, 0.5) is 5.69 Å². The van der Waals surface area contributed by atoms with Gasteiger partial charge in [-0.25, -0.2) is 0 Å². The number of nitrogens with zero attached hydrogens (tertiary/aromatic N) is 1. The molecule has 3 N–H and O–H groups in total. The van der Waals surface area contributed by atoms with Crippen LogP contribution in [0.5, 0.6) is 5.75 Å². The molecule has 0 saturated heterocycles. The quantitative estimate of drug-likeness (QED) is 0.309. The molecular formula is C9H13N3O3. The highest BCUT2D eigenvalue weighted by atomic mass is 16.6. The van der Waals surface area contributed by atoms with Crippen molar-refractivity contribution in [2.45, 2.75) is 0 Å². The highest BCUT2D eigenvalue weighted by molar-refractivity contribution is 5.45. The lowest BCUT2D eigenvalue weighted by Crippen LogP contribution is -2.26. The summed E-state index contributed by atoms with van der Waals surface area (Å²) in [6.45, 7) is 1.32. The Bertz CT molecular complexity index is 330. The Morgan fingerprint density at radius 3 is 2.87 bits per heavy atom. The van der Waals surface area contributed by atoms with Crippen LogP contribution >= 0.6 is 0 Å². The van der Waals surface area contributed by atoms with Crippen molar-refractivity contribution >= 4 is 5.69 Å². The van der Waals surface area contributed by atoms with Crippen LogP contribution in [0.3, 0.4) is 0 Å². The number of hydrogen-bond donors (Lipinski definition) is 2. The van der Waals surface area contributed by atoms with Gasteiger partial charge >= 0.3 is 5.69 Å². The van der Waals surface area contributed by atoms with Crippen molar-refractivity contribution in [3.63, 3.8) is 0 Å². The first-order chi connectivity index (χ1) is 7.25. The molecule has 1 aromatic carbocycles. The Hall–Kier alpha value is -1.66. The number of benzene rings is 1. The van der Waals surface area contributed by atoms with E-state index in [1.54, 1.807) is 18.2 Å². The molecule has 0 aliphatic heterocycles. The molecule has 0 heterocycles. The van der Waals surface area contributed by atoms with Gasteiger partial charge < -0.3 is 10.5 Å².